The molecule has 9 heteroatoms. The number of hydrogen-bond acceptors (Lipinski definition) is 7. The molecule has 3 aromatic heterocycles. The smallest absolute Gasteiger partial charge is 0.228 e. The number of hydrogen-bond donors (Lipinski definition) is 1. The highest BCUT2D eigenvalue weighted by Crippen LogP contribution is 2.34. The molecule has 1 N–H and O–H groups in total. The maximum atomic E-state index is 12.1. The molecule has 172 valence electrons. The minimum Gasteiger partial charge on any atom is -0.488 e. The molecule has 1 saturated carbocycles. The number of piperidine rings is 1. The van der Waals surface area contributed by atoms with Crippen molar-refractivity contribution < 1.29 is 14.3 Å². The molecule has 9 nitrogen and oxygen atoms in total. The van der Waals surface area contributed by atoms with Gasteiger partial charge in [-0.05, 0) is 38.9 Å². The standard InChI is InChI=1S/C24H28N6O3/c1-14-5-20(22(10-25-14)33-19-6-17-11-32-12-18(7-19)29(17)2)21-8-16-9-23(28-30(16)13-26-21)27-24(31)15-3-4-15/h5,8-10,13,15,17-19H,3-4,6-7,11-12H2,1-2H3,(H,27,28,31)/t17-,18+,19-. The number of nitrogens with zero attached hydrogens (tertiary/aromatic N) is 5. The maximum absolute atomic E-state index is 12.1. The van der Waals surface area contributed by atoms with E-state index >= 15 is 0 Å². The fraction of sp³-hybridized carbons (Fsp3) is 0.500. The number of amides is 1. The Morgan fingerprint density at radius 1 is 1.15 bits per heavy atom. The molecule has 3 aliphatic rings. The Hall–Kier alpha value is -3.04. The number of pyridine rings is 1. The van der Waals surface area contributed by atoms with Gasteiger partial charge >= 0.3 is 0 Å². The van der Waals surface area contributed by atoms with Crippen molar-refractivity contribution in [2.24, 2.45) is 5.92 Å². The highest BCUT2D eigenvalue weighted by atomic mass is 16.5. The van der Waals surface area contributed by atoms with Gasteiger partial charge in [0.1, 0.15) is 18.2 Å². The monoisotopic (exact) mass is 448 g/mol. The molecule has 33 heavy (non-hydrogen) atoms. The van der Waals surface area contributed by atoms with Crippen LogP contribution in [-0.2, 0) is 9.53 Å². The number of carbonyl (C=O) groups excluding carboxylic acids is 1. The Morgan fingerprint density at radius 3 is 2.70 bits per heavy atom. The number of fused-ring (bicyclic) bond motifs is 3. The summed E-state index contributed by atoms with van der Waals surface area (Å²) in [5, 5.41) is 7.34. The number of anilines is 1. The first-order chi connectivity index (χ1) is 16.0. The number of carbonyl (C=O) groups is 1. The average Bonchev–Trinajstić information content (AvgIpc) is 3.56. The van der Waals surface area contributed by atoms with E-state index in [0.29, 0.717) is 17.9 Å². The van der Waals surface area contributed by atoms with E-state index in [1.165, 1.54) is 0 Å². The first kappa shape index (κ1) is 20.6. The van der Waals surface area contributed by atoms with Gasteiger partial charge in [0.15, 0.2) is 5.82 Å². The van der Waals surface area contributed by atoms with E-state index in [1.54, 1.807) is 17.0 Å². The molecule has 6 rings (SSSR count). The van der Waals surface area contributed by atoms with Gasteiger partial charge in [-0.25, -0.2) is 9.50 Å². The minimum absolute atomic E-state index is 0.0420. The van der Waals surface area contributed by atoms with Crippen molar-refractivity contribution in [3.05, 3.63) is 36.4 Å². The van der Waals surface area contributed by atoms with Gasteiger partial charge in [0.25, 0.3) is 0 Å². The highest BCUT2D eigenvalue weighted by Gasteiger charge is 2.38. The summed E-state index contributed by atoms with van der Waals surface area (Å²) in [6.07, 6.45) is 7.37. The van der Waals surface area contributed by atoms with Crippen LogP contribution >= 0.6 is 0 Å². The molecule has 2 aliphatic heterocycles. The molecule has 3 fully saturated rings. The van der Waals surface area contributed by atoms with Crippen molar-refractivity contribution in [1.29, 1.82) is 0 Å². The lowest BCUT2D eigenvalue weighted by Gasteiger charge is -2.46. The lowest BCUT2D eigenvalue weighted by Crippen LogP contribution is -2.57. The first-order valence-electron chi connectivity index (χ1n) is 11.6. The van der Waals surface area contributed by atoms with Crippen LogP contribution in [0.1, 0.15) is 31.4 Å². The van der Waals surface area contributed by atoms with E-state index in [1.807, 2.05) is 25.1 Å². The summed E-state index contributed by atoms with van der Waals surface area (Å²) in [5.41, 5.74) is 3.46. The molecule has 0 radical (unpaired) electrons. The Kier molecular flexibility index (Phi) is 5.03. The minimum atomic E-state index is 0.0420. The molecule has 5 heterocycles. The quantitative estimate of drug-likeness (QED) is 0.641. The molecule has 3 atom stereocenters. The van der Waals surface area contributed by atoms with E-state index in [9.17, 15) is 4.79 Å². The van der Waals surface area contributed by atoms with Crippen molar-refractivity contribution in [1.82, 2.24) is 24.5 Å². The predicted molar refractivity (Wildman–Crippen MR) is 122 cm³/mol. The summed E-state index contributed by atoms with van der Waals surface area (Å²) in [6.45, 7) is 3.48. The van der Waals surface area contributed by atoms with Gasteiger partial charge in [0.05, 0.1) is 30.6 Å². The van der Waals surface area contributed by atoms with Gasteiger partial charge in [0, 0.05) is 48.2 Å². The fourth-order valence-electron chi connectivity index (χ4n) is 4.85. The first-order valence-corrected chi connectivity index (χ1v) is 11.6. The predicted octanol–water partition coefficient (Wildman–Crippen LogP) is 2.69. The van der Waals surface area contributed by atoms with Crippen molar-refractivity contribution >= 4 is 17.2 Å². The van der Waals surface area contributed by atoms with Crippen LogP contribution in [0.3, 0.4) is 0 Å². The Balaban J connectivity index is 1.27. The van der Waals surface area contributed by atoms with Gasteiger partial charge in [-0.1, -0.05) is 0 Å². The maximum Gasteiger partial charge on any atom is 0.228 e. The highest BCUT2D eigenvalue weighted by molar-refractivity contribution is 5.93. The second kappa shape index (κ2) is 8.07. The summed E-state index contributed by atoms with van der Waals surface area (Å²) in [7, 11) is 2.18. The van der Waals surface area contributed by atoms with Gasteiger partial charge in [0.2, 0.25) is 5.91 Å². The molecule has 0 aromatic carbocycles. The van der Waals surface area contributed by atoms with Crippen molar-refractivity contribution in [3.63, 3.8) is 0 Å². The molecule has 0 spiro atoms. The number of nitrogens with one attached hydrogen (secondary N) is 1. The average molecular weight is 449 g/mol. The van der Waals surface area contributed by atoms with Crippen LogP contribution in [0.4, 0.5) is 5.82 Å². The van der Waals surface area contributed by atoms with Crippen molar-refractivity contribution in [3.8, 4) is 17.0 Å². The van der Waals surface area contributed by atoms with Gasteiger partial charge in [-0.2, -0.15) is 0 Å². The van der Waals surface area contributed by atoms with Gasteiger partial charge in [-0.3, -0.25) is 14.7 Å². The molecule has 2 saturated heterocycles. The summed E-state index contributed by atoms with van der Waals surface area (Å²) in [5.74, 6) is 1.47. The lowest BCUT2D eigenvalue weighted by molar-refractivity contribution is -0.117. The van der Waals surface area contributed by atoms with Gasteiger partial charge < -0.3 is 14.8 Å². The summed E-state index contributed by atoms with van der Waals surface area (Å²) in [6, 6.07) is 6.63. The second-order valence-corrected chi connectivity index (χ2v) is 9.48. The number of aryl methyl sites for hydroxylation is 1. The summed E-state index contributed by atoms with van der Waals surface area (Å²) < 4.78 is 13.9. The van der Waals surface area contributed by atoms with Crippen LogP contribution in [0, 0.1) is 12.8 Å². The SMILES string of the molecule is Cc1cc(-c2cc3cc(NC(=O)C4CC4)nn3cn2)c(O[C@H]2C[C@H]3COC[C@@H](C2)N3C)cn1. The number of rotatable bonds is 5. The topological polar surface area (TPSA) is 93.9 Å². The normalized spacial score (nSPS) is 25.2. The number of likely N-dealkylation sites (N-methyl/N-ethyl adjacent to an activating group) is 1. The zero-order chi connectivity index (χ0) is 22.5. The van der Waals surface area contributed by atoms with Crippen LogP contribution in [0.15, 0.2) is 30.7 Å². The largest absolute Gasteiger partial charge is 0.488 e. The summed E-state index contributed by atoms with van der Waals surface area (Å²) >= 11 is 0. The number of aromatic nitrogens is 4. The third kappa shape index (κ3) is 4.06. The van der Waals surface area contributed by atoms with Crippen LogP contribution in [0.2, 0.25) is 0 Å². The van der Waals surface area contributed by atoms with Crippen LogP contribution in [0.25, 0.3) is 16.8 Å². The Bertz CT molecular complexity index is 1190. The molecular formula is C24H28N6O3. The van der Waals surface area contributed by atoms with Crippen LogP contribution in [-0.4, -0.2) is 68.8 Å². The van der Waals surface area contributed by atoms with E-state index in [-0.39, 0.29) is 17.9 Å². The van der Waals surface area contributed by atoms with Crippen molar-refractivity contribution in [2.45, 2.75) is 50.8 Å². The van der Waals surface area contributed by atoms with Crippen LogP contribution in [0.5, 0.6) is 5.75 Å². The van der Waals surface area contributed by atoms with E-state index in [0.717, 1.165) is 67.1 Å². The van der Waals surface area contributed by atoms with E-state index in [4.69, 9.17) is 9.47 Å². The third-order valence-electron chi connectivity index (χ3n) is 6.97. The third-order valence-corrected chi connectivity index (χ3v) is 6.97. The lowest BCUT2D eigenvalue weighted by atomic mass is 9.92. The molecule has 1 aliphatic carbocycles. The zero-order valence-corrected chi connectivity index (χ0v) is 18.9. The molecular weight excluding hydrogens is 420 g/mol. The molecule has 3 aromatic rings. The van der Waals surface area contributed by atoms with Crippen molar-refractivity contribution in [2.75, 3.05) is 25.6 Å². The number of ether oxygens (including phenoxy) is 2. The fourth-order valence-corrected chi connectivity index (χ4v) is 4.85. The summed E-state index contributed by atoms with van der Waals surface area (Å²) in [4.78, 5) is 23.6. The molecule has 1 amide bonds. The Morgan fingerprint density at radius 2 is 1.94 bits per heavy atom. The van der Waals surface area contributed by atoms with Crippen LogP contribution < -0.4 is 10.1 Å². The van der Waals surface area contributed by atoms with E-state index < -0.39 is 0 Å². The van der Waals surface area contributed by atoms with Gasteiger partial charge in [-0.15, -0.1) is 5.10 Å². The zero-order valence-electron chi connectivity index (χ0n) is 18.9. The second-order valence-electron chi connectivity index (χ2n) is 9.48. The molecule has 2 bridgehead atoms. The number of morpholine rings is 1. The van der Waals surface area contributed by atoms with E-state index in [2.05, 4.69) is 32.3 Å². The Labute approximate surface area is 192 Å². The molecule has 0 unspecified atom stereocenters.